The minimum atomic E-state index is -3.82. The molecule has 0 atom stereocenters. The normalized spacial score (nSPS) is 12.3. The number of carbonyl (C=O) groups is 2. The number of carbonyl (C=O) groups excluding carboxylic acids is 2. The Labute approximate surface area is 232 Å². The smallest absolute Gasteiger partial charge is 0.338 e. The van der Waals surface area contributed by atoms with Crippen molar-refractivity contribution in [2.24, 2.45) is 0 Å². The Morgan fingerprint density at radius 3 is 2.35 bits per heavy atom. The summed E-state index contributed by atoms with van der Waals surface area (Å²) in [6, 6.07) is 21.6. The van der Waals surface area contributed by atoms with E-state index in [1.54, 1.807) is 36.4 Å². The van der Waals surface area contributed by atoms with Crippen LogP contribution in [0.5, 0.6) is 11.5 Å². The van der Waals surface area contributed by atoms with Gasteiger partial charge in [0.25, 0.3) is 10.0 Å². The average Bonchev–Trinajstić information content (AvgIpc) is 3.55. The highest BCUT2D eigenvalue weighted by Crippen LogP contribution is 2.33. The molecule has 0 amide bonds. The number of benzene rings is 3. The molecule has 10 heteroatoms. The monoisotopic (exact) mass is 560 g/mol. The number of rotatable bonds is 9. The van der Waals surface area contributed by atoms with Crippen LogP contribution in [-0.2, 0) is 21.3 Å². The van der Waals surface area contributed by atoms with Crippen LogP contribution in [-0.4, -0.2) is 45.2 Å². The number of sulfonamides is 1. The van der Waals surface area contributed by atoms with Crippen LogP contribution in [0.1, 0.15) is 37.7 Å². The van der Waals surface area contributed by atoms with Crippen molar-refractivity contribution in [2.75, 3.05) is 24.8 Å². The molecule has 0 unspecified atom stereocenters. The van der Waals surface area contributed by atoms with Gasteiger partial charge >= 0.3 is 5.97 Å². The molecule has 0 spiro atoms. The van der Waals surface area contributed by atoms with Crippen LogP contribution in [0.2, 0.25) is 0 Å². The zero-order chi connectivity index (χ0) is 28.4. The number of fused-ring (bicyclic) bond motifs is 1. The van der Waals surface area contributed by atoms with Gasteiger partial charge in [-0.2, -0.15) is 0 Å². The number of ketones is 1. The Hall–Kier alpha value is -4.57. The summed E-state index contributed by atoms with van der Waals surface area (Å²) < 4.78 is 45.2. The Morgan fingerprint density at radius 1 is 0.925 bits per heavy atom. The predicted molar refractivity (Wildman–Crippen MR) is 149 cm³/mol. The lowest BCUT2D eigenvalue weighted by molar-refractivity contribution is 0.0474. The number of ether oxygens (including phenoxy) is 3. The van der Waals surface area contributed by atoms with Gasteiger partial charge in [0.05, 0.1) is 16.1 Å². The SMILES string of the molecule is Cc1cc(C(=O)COC(=O)c2ccc(S(=O)(=O)N(C)c3ccccc3)cc2)c(C)n1Cc1ccc2c(c1)OCO2. The molecule has 0 saturated heterocycles. The maximum atomic E-state index is 13.0. The lowest BCUT2D eigenvalue weighted by Crippen LogP contribution is -2.26. The minimum absolute atomic E-state index is 0.0291. The second-order valence-corrected chi connectivity index (χ2v) is 11.4. The maximum absolute atomic E-state index is 13.0. The first kappa shape index (κ1) is 27.0. The molecule has 4 aromatic rings. The highest BCUT2D eigenvalue weighted by Gasteiger charge is 2.23. The fourth-order valence-corrected chi connectivity index (χ4v) is 5.73. The van der Waals surface area contributed by atoms with Gasteiger partial charge in [0.1, 0.15) is 0 Å². The van der Waals surface area contributed by atoms with Crippen molar-refractivity contribution in [1.29, 1.82) is 0 Å². The minimum Gasteiger partial charge on any atom is -0.454 e. The van der Waals surface area contributed by atoms with Gasteiger partial charge in [-0.1, -0.05) is 24.3 Å². The van der Waals surface area contributed by atoms with Gasteiger partial charge in [0.2, 0.25) is 12.6 Å². The molecule has 1 aliphatic rings. The van der Waals surface area contributed by atoms with E-state index in [1.807, 2.05) is 36.6 Å². The molecular weight excluding hydrogens is 532 g/mol. The highest BCUT2D eigenvalue weighted by molar-refractivity contribution is 7.92. The van der Waals surface area contributed by atoms with Crippen molar-refractivity contribution in [2.45, 2.75) is 25.3 Å². The number of aromatic nitrogens is 1. The van der Waals surface area contributed by atoms with Crippen molar-refractivity contribution >= 4 is 27.5 Å². The van der Waals surface area contributed by atoms with Gasteiger partial charge in [0, 0.05) is 30.5 Å². The van der Waals surface area contributed by atoms with Crippen molar-refractivity contribution in [3.05, 3.63) is 107 Å². The summed E-state index contributed by atoms with van der Waals surface area (Å²) in [6.07, 6.45) is 0. The Bertz CT molecular complexity index is 1680. The lowest BCUT2D eigenvalue weighted by atomic mass is 10.1. The molecule has 0 N–H and O–H groups in total. The second-order valence-electron chi connectivity index (χ2n) is 9.39. The molecule has 0 radical (unpaired) electrons. The van der Waals surface area contributed by atoms with E-state index in [9.17, 15) is 18.0 Å². The molecule has 3 aromatic carbocycles. The summed E-state index contributed by atoms with van der Waals surface area (Å²) in [4.78, 5) is 25.6. The van der Waals surface area contributed by atoms with Gasteiger partial charge in [-0.15, -0.1) is 0 Å². The van der Waals surface area contributed by atoms with Gasteiger partial charge in [0.15, 0.2) is 18.1 Å². The number of hydrogen-bond donors (Lipinski definition) is 0. The number of esters is 1. The van der Waals surface area contributed by atoms with Gasteiger partial charge in [-0.3, -0.25) is 9.10 Å². The van der Waals surface area contributed by atoms with E-state index < -0.39 is 22.6 Å². The number of para-hydroxylation sites is 1. The lowest BCUT2D eigenvalue weighted by Gasteiger charge is -2.19. The summed E-state index contributed by atoms with van der Waals surface area (Å²) >= 11 is 0. The largest absolute Gasteiger partial charge is 0.454 e. The van der Waals surface area contributed by atoms with Crippen molar-refractivity contribution in [3.8, 4) is 11.5 Å². The van der Waals surface area contributed by atoms with Gasteiger partial charge in [-0.05, 0) is 74.0 Å². The fraction of sp³-hybridized carbons (Fsp3) is 0.200. The van der Waals surface area contributed by atoms with E-state index in [1.165, 1.54) is 35.6 Å². The third-order valence-electron chi connectivity index (χ3n) is 6.85. The van der Waals surface area contributed by atoms with E-state index in [-0.39, 0.29) is 23.0 Å². The molecule has 1 aromatic heterocycles. The number of anilines is 1. The second kappa shape index (κ2) is 10.9. The predicted octanol–water partition coefficient (Wildman–Crippen LogP) is 4.75. The Balaban J connectivity index is 1.22. The van der Waals surface area contributed by atoms with E-state index in [2.05, 4.69) is 0 Å². The van der Waals surface area contributed by atoms with Crippen molar-refractivity contribution in [3.63, 3.8) is 0 Å². The number of nitrogens with zero attached hydrogens (tertiary/aromatic N) is 2. The molecule has 0 aliphatic carbocycles. The summed E-state index contributed by atoms with van der Waals surface area (Å²) in [5, 5.41) is 0. The average molecular weight is 561 g/mol. The topological polar surface area (TPSA) is 104 Å². The highest BCUT2D eigenvalue weighted by atomic mass is 32.2. The summed E-state index contributed by atoms with van der Waals surface area (Å²) in [6.45, 7) is 4.06. The summed E-state index contributed by atoms with van der Waals surface area (Å²) in [5.74, 6) is 0.347. The third kappa shape index (κ3) is 5.30. The van der Waals surface area contributed by atoms with E-state index in [4.69, 9.17) is 14.2 Å². The van der Waals surface area contributed by atoms with E-state index in [0.717, 1.165) is 17.0 Å². The quantitative estimate of drug-likeness (QED) is 0.215. The Kier molecular flexibility index (Phi) is 7.36. The van der Waals surface area contributed by atoms with Crippen LogP contribution in [0, 0.1) is 13.8 Å². The number of hydrogen-bond acceptors (Lipinski definition) is 7. The molecule has 9 nitrogen and oxygen atoms in total. The van der Waals surface area contributed by atoms with Crippen LogP contribution in [0.4, 0.5) is 5.69 Å². The van der Waals surface area contributed by atoms with Crippen LogP contribution in [0.3, 0.4) is 0 Å². The van der Waals surface area contributed by atoms with Crippen LogP contribution in [0.15, 0.2) is 83.8 Å². The van der Waals surface area contributed by atoms with E-state index in [0.29, 0.717) is 29.3 Å². The zero-order valence-electron chi connectivity index (χ0n) is 22.3. The van der Waals surface area contributed by atoms with Gasteiger partial charge < -0.3 is 18.8 Å². The van der Waals surface area contributed by atoms with E-state index >= 15 is 0 Å². The van der Waals surface area contributed by atoms with Crippen LogP contribution >= 0.6 is 0 Å². The summed E-state index contributed by atoms with van der Waals surface area (Å²) in [5.41, 5.74) is 3.77. The molecule has 206 valence electrons. The number of aryl methyl sites for hydroxylation is 1. The maximum Gasteiger partial charge on any atom is 0.338 e. The summed E-state index contributed by atoms with van der Waals surface area (Å²) in [7, 11) is -2.35. The zero-order valence-corrected chi connectivity index (χ0v) is 23.1. The van der Waals surface area contributed by atoms with Crippen LogP contribution in [0.25, 0.3) is 0 Å². The third-order valence-corrected chi connectivity index (χ3v) is 8.65. The van der Waals surface area contributed by atoms with Gasteiger partial charge in [-0.25, -0.2) is 13.2 Å². The van der Waals surface area contributed by atoms with Crippen LogP contribution < -0.4 is 13.8 Å². The number of Topliss-reactive ketones (excluding diaryl/α,β-unsaturated/α-hetero) is 1. The molecule has 40 heavy (non-hydrogen) atoms. The fourth-order valence-electron chi connectivity index (χ4n) is 4.54. The molecule has 0 fully saturated rings. The molecule has 1 aliphatic heterocycles. The van der Waals surface area contributed by atoms with Crippen molar-refractivity contribution < 1.29 is 32.2 Å². The first-order valence-electron chi connectivity index (χ1n) is 12.5. The Morgan fingerprint density at radius 2 is 1.62 bits per heavy atom. The molecule has 0 bridgehead atoms. The van der Waals surface area contributed by atoms with Crippen molar-refractivity contribution in [1.82, 2.24) is 4.57 Å². The molecular formula is C30H28N2O7S. The standard InChI is InChI=1S/C30H28N2O7S/c1-20-15-26(21(2)32(20)17-22-9-14-28-29(16-22)39-19-38-28)27(33)18-37-30(34)23-10-12-25(13-11-23)40(35,36)31(3)24-7-5-4-6-8-24/h4-16H,17-19H2,1-3H3. The first-order valence-corrected chi connectivity index (χ1v) is 14.0. The molecule has 0 saturated carbocycles. The first-order chi connectivity index (χ1) is 19.1. The molecule has 2 heterocycles. The molecule has 5 rings (SSSR count).